The van der Waals surface area contributed by atoms with Crippen LogP contribution in [0.25, 0.3) is 0 Å². The van der Waals surface area contributed by atoms with Gasteiger partial charge in [0.15, 0.2) is 11.5 Å². The van der Waals surface area contributed by atoms with E-state index in [2.05, 4.69) is 5.32 Å². The third-order valence-electron chi connectivity index (χ3n) is 3.76. The first-order valence-electron chi connectivity index (χ1n) is 7.96. The summed E-state index contributed by atoms with van der Waals surface area (Å²) >= 11 is 0. The number of hydrogen-bond acceptors (Lipinski definition) is 5. The van der Waals surface area contributed by atoms with E-state index in [0.717, 1.165) is 5.56 Å². The van der Waals surface area contributed by atoms with Gasteiger partial charge in [-0.05, 0) is 44.7 Å². The van der Waals surface area contributed by atoms with Crippen molar-refractivity contribution in [2.45, 2.75) is 51.6 Å². The number of fused-ring (bicyclic) bond motifs is 1. The van der Waals surface area contributed by atoms with Crippen LogP contribution in [-0.2, 0) is 14.3 Å². The monoisotopic (exact) mass is 334 g/mol. The summed E-state index contributed by atoms with van der Waals surface area (Å²) in [6.45, 7) is 5.50. The zero-order chi connectivity index (χ0) is 17.9. The molecule has 0 N–H and O–H groups in total. The highest BCUT2D eigenvalue weighted by Crippen LogP contribution is 2.41. The van der Waals surface area contributed by atoms with Crippen molar-refractivity contribution in [3.63, 3.8) is 0 Å². The lowest BCUT2D eigenvalue weighted by molar-refractivity contribution is -0.155. The summed E-state index contributed by atoms with van der Waals surface area (Å²) < 4.78 is 16.0. The smallest absolute Gasteiger partial charge is 0.306 e. The molecule has 0 aliphatic carbocycles. The van der Waals surface area contributed by atoms with E-state index in [9.17, 15) is 9.59 Å². The summed E-state index contributed by atoms with van der Waals surface area (Å²) in [5.74, 6) is 0.420. The molecule has 0 saturated carbocycles. The first-order valence-corrected chi connectivity index (χ1v) is 7.96. The van der Waals surface area contributed by atoms with E-state index < -0.39 is 5.60 Å². The molecular formula is C18H24NO5. The van der Waals surface area contributed by atoms with Crippen molar-refractivity contribution in [2.24, 2.45) is 0 Å². The maximum atomic E-state index is 12.2. The van der Waals surface area contributed by atoms with E-state index >= 15 is 0 Å². The highest BCUT2D eigenvalue weighted by atomic mass is 16.6. The standard InChI is InChI=1S/C18H24NO5/c1-18(2,3)24-17(21)8-11-6-7-16(20)19-13-10-15(23-5)14(22-4)9-12(11)13/h9-11H,6-8H2,1-5H3. The topological polar surface area (TPSA) is 75.9 Å². The molecule has 0 saturated heterocycles. The molecule has 1 aromatic rings. The third kappa shape index (κ3) is 4.40. The summed E-state index contributed by atoms with van der Waals surface area (Å²) in [5.41, 5.74) is 0.802. The van der Waals surface area contributed by atoms with Crippen LogP contribution in [0.3, 0.4) is 0 Å². The Bertz CT molecular complexity index is 633. The number of carbonyl (C=O) groups is 2. The molecule has 131 valence electrons. The Kier molecular flexibility index (Phi) is 5.36. The van der Waals surface area contributed by atoms with Crippen LogP contribution in [-0.4, -0.2) is 31.7 Å². The zero-order valence-electron chi connectivity index (χ0n) is 14.8. The van der Waals surface area contributed by atoms with Gasteiger partial charge in [-0.3, -0.25) is 9.59 Å². The van der Waals surface area contributed by atoms with Gasteiger partial charge in [-0.2, -0.15) is 0 Å². The van der Waals surface area contributed by atoms with Crippen LogP contribution in [0.4, 0.5) is 5.69 Å². The number of ether oxygens (including phenoxy) is 3. The molecule has 6 heteroatoms. The molecule has 1 aromatic carbocycles. The lowest BCUT2D eigenvalue weighted by Gasteiger charge is -2.22. The van der Waals surface area contributed by atoms with Crippen molar-refractivity contribution in [1.29, 1.82) is 0 Å². The second kappa shape index (κ2) is 7.11. The lowest BCUT2D eigenvalue weighted by atomic mass is 9.90. The average molecular weight is 334 g/mol. The van der Waals surface area contributed by atoms with Crippen LogP contribution < -0.4 is 14.8 Å². The molecule has 1 radical (unpaired) electrons. The SMILES string of the molecule is COc1cc2c(cc1OC)C(CC(=O)OC(C)(C)C)CCC(=O)[N]2. The molecule has 24 heavy (non-hydrogen) atoms. The van der Waals surface area contributed by atoms with Crippen LogP contribution in [0, 0.1) is 0 Å². The Morgan fingerprint density at radius 3 is 2.42 bits per heavy atom. The molecule has 0 aromatic heterocycles. The summed E-state index contributed by atoms with van der Waals surface area (Å²) in [5, 5.41) is 4.13. The van der Waals surface area contributed by atoms with Crippen molar-refractivity contribution in [1.82, 2.24) is 5.32 Å². The predicted molar refractivity (Wildman–Crippen MR) is 88.8 cm³/mol. The van der Waals surface area contributed by atoms with Crippen molar-refractivity contribution < 1.29 is 23.8 Å². The molecule has 0 bridgehead atoms. The van der Waals surface area contributed by atoms with E-state index in [1.807, 2.05) is 20.8 Å². The highest BCUT2D eigenvalue weighted by molar-refractivity contribution is 5.84. The normalized spacial score (nSPS) is 17.4. The van der Waals surface area contributed by atoms with E-state index in [0.29, 0.717) is 30.0 Å². The van der Waals surface area contributed by atoms with Gasteiger partial charge in [0.25, 0.3) is 0 Å². The second-order valence-corrected chi connectivity index (χ2v) is 6.80. The van der Waals surface area contributed by atoms with Crippen molar-refractivity contribution in [3.8, 4) is 11.5 Å². The van der Waals surface area contributed by atoms with Gasteiger partial charge >= 0.3 is 5.97 Å². The third-order valence-corrected chi connectivity index (χ3v) is 3.76. The molecular weight excluding hydrogens is 310 g/mol. The summed E-state index contributed by atoms with van der Waals surface area (Å²) in [7, 11) is 3.08. The molecule has 1 aliphatic rings. The Morgan fingerprint density at radius 1 is 1.21 bits per heavy atom. The van der Waals surface area contributed by atoms with E-state index in [1.54, 1.807) is 19.2 Å². The molecule has 0 spiro atoms. The maximum Gasteiger partial charge on any atom is 0.306 e. The Morgan fingerprint density at radius 2 is 1.83 bits per heavy atom. The average Bonchev–Trinajstić information content (AvgIpc) is 2.63. The largest absolute Gasteiger partial charge is 0.493 e. The van der Waals surface area contributed by atoms with E-state index in [4.69, 9.17) is 14.2 Å². The number of rotatable bonds is 4. The second-order valence-electron chi connectivity index (χ2n) is 6.80. The number of hydrogen-bond donors (Lipinski definition) is 0. The summed E-state index contributed by atoms with van der Waals surface area (Å²) in [6.07, 6.45) is 1.04. The molecule has 1 atom stereocenters. The summed E-state index contributed by atoms with van der Waals surface area (Å²) in [4.78, 5) is 24.1. The number of methoxy groups -OCH3 is 2. The van der Waals surface area contributed by atoms with Gasteiger partial charge in [0.1, 0.15) is 5.60 Å². The van der Waals surface area contributed by atoms with Gasteiger partial charge in [0.05, 0.1) is 26.3 Å². The summed E-state index contributed by atoms with van der Waals surface area (Å²) in [6, 6.07) is 3.48. The molecule has 1 unspecified atom stereocenters. The van der Waals surface area contributed by atoms with Crippen molar-refractivity contribution >= 4 is 17.6 Å². The Balaban J connectivity index is 2.34. The van der Waals surface area contributed by atoms with Crippen molar-refractivity contribution in [2.75, 3.05) is 14.2 Å². The number of amides is 1. The van der Waals surface area contributed by atoms with Gasteiger partial charge in [-0.25, -0.2) is 5.32 Å². The highest BCUT2D eigenvalue weighted by Gasteiger charge is 2.29. The molecule has 2 rings (SSSR count). The number of benzene rings is 1. The lowest BCUT2D eigenvalue weighted by Crippen LogP contribution is -2.25. The van der Waals surface area contributed by atoms with Crippen molar-refractivity contribution in [3.05, 3.63) is 17.7 Å². The fraction of sp³-hybridized carbons (Fsp3) is 0.556. The Labute approximate surface area is 142 Å². The quantitative estimate of drug-likeness (QED) is 0.791. The zero-order valence-corrected chi connectivity index (χ0v) is 14.8. The first kappa shape index (κ1) is 18.1. The molecule has 1 amide bonds. The van der Waals surface area contributed by atoms with Gasteiger partial charge in [0, 0.05) is 12.5 Å². The van der Waals surface area contributed by atoms with Gasteiger partial charge in [-0.15, -0.1) is 0 Å². The molecule has 6 nitrogen and oxygen atoms in total. The fourth-order valence-corrected chi connectivity index (χ4v) is 2.75. The minimum absolute atomic E-state index is 0.148. The van der Waals surface area contributed by atoms with E-state index in [-0.39, 0.29) is 24.2 Å². The van der Waals surface area contributed by atoms with Gasteiger partial charge in [-0.1, -0.05) is 0 Å². The predicted octanol–water partition coefficient (Wildman–Crippen LogP) is 3.08. The fourth-order valence-electron chi connectivity index (χ4n) is 2.75. The Hall–Kier alpha value is -2.24. The molecule has 1 aliphatic heterocycles. The number of nitrogens with zero attached hydrogens (tertiary/aromatic N) is 1. The van der Waals surface area contributed by atoms with Gasteiger partial charge in [0.2, 0.25) is 5.91 Å². The van der Waals surface area contributed by atoms with Crippen LogP contribution in [0.1, 0.15) is 51.5 Å². The van der Waals surface area contributed by atoms with E-state index in [1.165, 1.54) is 7.11 Å². The van der Waals surface area contributed by atoms with Crippen LogP contribution in [0.2, 0.25) is 0 Å². The maximum absolute atomic E-state index is 12.2. The van der Waals surface area contributed by atoms with Crippen LogP contribution in [0.15, 0.2) is 12.1 Å². The van der Waals surface area contributed by atoms with Gasteiger partial charge < -0.3 is 14.2 Å². The minimum atomic E-state index is -0.539. The van der Waals surface area contributed by atoms with Crippen LogP contribution in [0.5, 0.6) is 11.5 Å². The number of carbonyl (C=O) groups excluding carboxylic acids is 2. The molecule has 1 heterocycles. The number of esters is 1. The minimum Gasteiger partial charge on any atom is -0.493 e. The first-order chi connectivity index (χ1) is 11.2. The molecule has 0 fully saturated rings. The van der Waals surface area contributed by atoms with Crippen LogP contribution >= 0.6 is 0 Å².